The number of carbonyl (C=O) groups is 2. The summed E-state index contributed by atoms with van der Waals surface area (Å²) in [6.45, 7) is 0. The Morgan fingerprint density at radius 2 is 1.84 bits per heavy atom. The first-order valence-electron chi connectivity index (χ1n) is 9.15. The highest BCUT2D eigenvalue weighted by Crippen LogP contribution is 2.24. The van der Waals surface area contributed by atoms with E-state index in [1.54, 1.807) is 41.1 Å². The summed E-state index contributed by atoms with van der Waals surface area (Å²) in [5, 5.41) is 4.02. The van der Waals surface area contributed by atoms with Gasteiger partial charge < -0.3 is 4.42 Å². The lowest BCUT2D eigenvalue weighted by Crippen LogP contribution is -2.42. The molecule has 0 aliphatic heterocycles. The predicted molar refractivity (Wildman–Crippen MR) is 121 cm³/mol. The SMILES string of the molecule is O=C(Cc1csc(-c2ccco2)n1)NNC(=O)c1ccccc1NS(=O)(=O)c1cccs1. The zero-order valence-corrected chi connectivity index (χ0v) is 18.7. The van der Waals surface area contributed by atoms with E-state index in [-0.39, 0.29) is 21.9 Å². The number of thiazole rings is 1. The molecule has 0 aliphatic carbocycles. The molecule has 0 fully saturated rings. The van der Waals surface area contributed by atoms with Gasteiger partial charge in [-0.25, -0.2) is 13.4 Å². The Labute approximate surface area is 191 Å². The molecule has 0 atom stereocenters. The van der Waals surface area contributed by atoms with Gasteiger partial charge in [-0.1, -0.05) is 18.2 Å². The van der Waals surface area contributed by atoms with E-state index in [0.717, 1.165) is 11.3 Å². The molecular formula is C20H16N4O5S3. The molecule has 12 heteroatoms. The Balaban J connectivity index is 1.38. The third-order valence-corrected chi connectivity index (χ3v) is 7.79. The van der Waals surface area contributed by atoms with Crippen LogP contribution in [0.4, 0.5) is 5.69 Å². The van der Waals surface area contributed by atoms with Crippen molar-refractivity contribution in [2.24, 2.45) is 0 Å². The van der Waals surface area contributed by atoms with Gasteiger partial charge in [-0.3, -0.25) is 25.2 Å². The average molecular weight is 489 g/mol. The normalized spacial score (nSPS) is 11.1. The molecule has 3 aromatic heterocycles. The van der Waals surface area contributed by atoms with Crippen molar-refractivity contribution < 1.29 is 22.4 Å². The van der Waals surface area contributed by atoms with Crippen LogP contribution in [0.3, 0.4) is 0 Å². The topological polar surface area (TPSA) is 130 Å². The third-order valence-electron chi connectivity index (χ3n) is 4.12. The number of aromatic nitrogens is 1. The standard InChI is InChI=1S/C20H16N4O5S3/c25-17(11-13-12-31-20(21-13)16-7-3-9-29-16)22-23-19(26)14-5-1-2-6-15(14)24-32(27,28)18-8-4-10-30-18/h1-10,12,24H,11H2,(H,22,25)(H,23,26). The van der Waals surface area contributed by atoms with Crippen molar-refractivity contribution >= 4 is 50.2 Å². The summed E-state index contributed by atoms with van der Waals surface area (Å²) in [5.41, 5.74) is 5.29. The highest BCUT2D eigenvalue weighted by Gasteiger charge is 2.20. The molecule has 32 heavy (non-hydrogen) atoms. The minimum Gasteiger partial charge on any atom is -0.462 e. The van der Waals surface area contributed by atoms with Crippen LogP contribution in [0.5, 0.6) is 0 Å². The van der Waals surface area contributed by atoms with Gasteiger partial charge in [0.15, 0.2) is 10.8 Å². The van der Waals surface area contributed by atoms with Gasteiger partial charge in [0.1, 0.15) is 4.21 Å². The Morgan fingerprint density at radius 1 is 1.00 bits per heavy atom. The fourth-order valence-corrected chi connectivity index (χ4v) is 5.54. The maximum absolute atomic E-state index is 12.6. The van der Waals surface area contributed by atoms with Crippen LogP contribution in [-0.2, 0) is 21.2 Å². The van der Waals surface area contributed by atoms with Crippen LogP contribution < -0.4 is 15.6 Å². The fraction of sp³-hybridized carbons (Fsp3) is 0.0500. The number of rotatable bonds is 7. The second-order valence-corrected chi connectivity index (χ2v) is 10.1. The molecule has 0 bridgehead atoms. The molecule has 0 unspecified atom stereocenters. The van der Waals surface area contributed by atoms with Crippen LogP contribution in [-0.4, -0.2) is 25.2 Å². The number of para-hydroxylation sites is 1. The zero-order valence-electron chi connectivity index (χ0n) is 16.3. The molecule has 0 radical (unpaired) electrons. The quantitative estimate of drug-likeness (QED) is 0.342. The zero-order chi connectivity index (χ0) is 22.6. The number of thiophene rings is 1. The summed E-state index contributed by atoms with van der Waals surface area (Å²) in [4.78, 5) is 29.1. The molecule has 3 heterocycles. The number of carbonyl (C=O) groups excluding carboxylic acids is 2. The van der Waals surface area contributed by atoms with Crippen LogP contribution in [0.15, 0.2) is 74.2 Å². The molecule has 9 nitrogen and oxygen atoms in total. The van der Waals surface area contributed by atoms with Crippen molar-refractivity contribution in [2.75, 3.05) is 4.72 Å². The minimum atomic E-state index is -3.83. The number of sulfonamides is 1. The van der Waals surface area contributed by atoms with Gasteiger partial charge in [0.2, 0.25) is 5.91 Å². The lowest BCUT2D eigenvalue weighted by atomic mass is 10.2. The smallest absolute Gasteiger partial charge is 0.271 e. The number of amides is 2. The van der Waals surface area contributed by atoms with Crippen LogP contribution >= 0.6 is 22.7 Å². The van der Waals surface area contributed by atoms with E-state index in [1.807, 2.05) is 0 Å². The maximum atomic E-state index is 12.6. The molecule has 4 rings (SSSR count). The number of anilines is 1. The Morgan fingerprint density at radius 3 is 2.59 bits per heavy atom. The van der Waals surface area contributed by atoms with Gasteiger partial charge in [0, 0.05) is 5.38 Å². The predicted octanol–water partition coefficient (Wildman–Crippen LogP) is 3.27. The van der Waals surface area contributed by atoms with Gasteiger partial charge in [-0.15, -0.1) is 22.7 Å². The highest BCUT2D eigenvalue weighted by atomic mass is 32.2. The van der Waals surface area contributed by atoms with E-state index in [9.17, 15) is 18.0 Å². The van der Waals surface area contributed by atoms with Crippen LogP contribution in [0.25, 0.3) is 10.8 Å². The number of hydrogen-bond donors (Lipinski definition) is 3. The Bertz CT molecular complexity index is 1330. The molecule has 164 valence electrons. The van der Waals surface area contributed by atoms with Gasteiger partial charge in [0.05, 0.1) is 29.6 Å². The maximum Gasteiger partial charge on any atom is 0.271 e. The summed E-state index contributed by atoms with van der Waals surface area (Å²) in [7, 11) is -3.83. The highest BCUT2D eigenvalue weighted by molar-refractivity contribution is 7.94. The third kappa shape index (κ3) is 5.04. The van der Waals surface area contributed by atoms with Gasteiger partial charge >= 0.3 is 0 Å². The molecule has 0 saturated carbocycles. The van der Waals surface area contributed by atoms with Crippen molar-refractivity contribution in [2.45, 2.75) is 10.6 Å². The molecule has 0 spiro atoms. The molecule has 4 aromatic rings. The first-order valence-corrected chi connectivity index (χ1v) is 12.4. The molecule has 3 N–H and O–H groups in total. The van der Waals surface area contributed by atoms with Crippen molar-refractivity contribution in [1.82, 2.24) is 15.8 Å². The fourth-order valence-electron chi connectivity index (χ4n) is 2.69. The lowest BCUT2D eigenvalue weighted by Gasteiger charge is -2.12. The number of nitrogens with zero attached hydrogens (tertiary/aromatic N) is 1. The summed E-state index contributed by atoms with van der Waals surface area (Å²) in [6.07, 6.45) is 1.49. The Kier molecular flexibility index (Phi) is 6.35. The monoisotopic (exact) mass is 488 g/mol. The van der Waals surface area contributed by atoms with Gasteiger partial charge in [0.25, 0.3) is 15.9 Å². The average Bonchev–Trinajstić information content (AvgIpc) is 3.54. The first-order chi connectivity index (χ1) is 15.4. The number of hydrogen-bond acceptors (Lipinski definition) is 8. The van der Waals surface area contributed by atoms with E-state index in [4.69, 9.17) is 4.42 Å². The van der Waals surface area contributed by atoms with Crippen LogP contribution in [0, 0.1) is 0 Å². The summed E-state index contributed by atoms with van der Waals surface area (Å²) >= 11 is 2.40. The first kappa shape index (κ1) is 21.7. The largest absolute Gasteiger partial charge is 0.462 e. The van der Waals surface area contributed by atoms with Crippen LogP contribution in [0.1, 0.15) is 16.1 Å². The summed E-state index contributed by atoms with van der Waals surface area (Å²) in [6, 6.07) is 12.7. The van der Waals surface area contributed by atoms with Crippen molar-refractivity contribution in [1.29, 1.82) is 0 Å². The van der Waals surface area contributed by atoms with Crippen molar-refractivity contribution in [3.63, 3.8) is 0 Å². The number of benzene rings is 1. The van der Waals surface area contributed by atoms with E-state index in [1.165, 1.54) is 35.8 Å². The molecule has 1 aromatic carbocycles. The second kappa shape index (κ2) is 9.34. The van der Waals surface area contributed by atoms with Gasteiger partial charge in [-0.05, 0) is 35.7 Å². The van der Waals surface area contributed by atoms with Crippen molar-refractivity contribution in [3.8, 4) is 10.8 Å². The molecule has 0 aliphatic rings. The molecular weight excluding hydrogens is 472 g/mol. The number of furan rings is 1. The van der Waals surface area contributed by atoms with E-state index >= 15 is 0 Å². The van der Waals surface area contributed by atoms with Crippen molar-refractivity contribution in [3.05, 3.63) is 76.8 Å². The summed E-state index contributed by atoms with van der Waals surface area (Å²) in [5.74, 6) is -0.541. The molecule has 0 saturated heterocycles. The lowest BCUT2D eigenvalue weighted by molar-refractivity contribution is -0.121. The summed E-state index contributed by atoms with van der Waals surface area (Å²) < 4.78 is 32.8. The van der Waals surface area contributed by atoms with Crippen LogP contribution in [0.2, 0.25) is 0 Å². The minimum absolute atomic E-state index is 0.0514. The number of nitrogens with one attached hydrogen (secondary N) is 3. The van der Waals surface area contributed by atoms with E-state index in [2.05, 4.69) is 20.6 Å². The molecule has 2 amide bonds. The Hall–Kier alpha value is -3.48. The van der Waals surface area contributed by atoms with E-state index < -0.39 is 21.8 Å². The van der Waals surface area contributed by atoms with Gasteiger partial charge in [-0.2, -0.15) is 0 Å². The second-order valence-electron chi connectivity index (χ2n) is 6.38. The number of hydrazine groups is 1. The van der Waals surface area contributed by atoms with E-state index in [0.29, 0.717) is 16.5 Å².